The van der Waals surface area contributed by atoms with Crippen molar-refractivity contribution in [1.29, 1.82) is 5.26 Å². The number of nitriles is 1. The number of benzene rings is 2. The van der Waals surface area contributed by atoms with E-state index in [1.165, 1.54) is 12.1 Å². The molecule has 0 aliphatic rings. The fourth-order valence-corrected chi connectivity index (χ4v) is 2.67. The average Bonchev–Trinajstić information content (AvgIpc) is 2.75. The maximum Gasteiger partial charge on any atom is 0.296 e. The number of nitro benzene ring substituents is 1. The number of rotatable bonds is 11. The van der Waals surface area contributed by atoms with Gasteiger partial charge in [0.05, 0.1) is 35.8 Å². The van der Waals surface area contributed by atoms with E-state index in [4.69, 9.17) is 14.7 Å². The third kappa shape index (κ3) is 6.48. The number of nitro groups is 1. The average molecular weight is 411 g/mol. The van der Waals surface area contributed by atoms with E-state index >= 15 is 0 Å². The standard InChI is InChI=1S/C22H25N3O5/c1-3-11-29-20-13-18(19(25(27)28)14-21(20)30-12-4-2)24-22(26)10-9-16-5-7-17(15-23)8-6-16/h5-8,13-14H,3-4,9-12H2,1-2H3,(H,24,26). The Morgan fingerprint density at radius 1 is 1.10 bits per heavy atom. The van der Waals surface area contributed by atoms with E-state index in [0.29, 0.717) is 30.9 Å². The van der Waals surface area contributed by atoms with Crippen LogP contribution in [0, 0.1) is 21.4 Å². The maximum absolute atomic E-state index is 12.4. The Balaban J connectivity index is 2.17. The molecule has 0 saturated carbocycles. The Hall–Kier alpha value is -3.60. The van der Waals surface area contributed by atoms with Gasteiger partial charge in [0.1, 0.15) is 5.69 Å². The highest BCUT2D eigenvalue weighted by atomic mass is 16.6. The molecule has 8 heteroatoms. The summed E-state index contributed by atoms with van der Waals surface area (Å²) in [5.74, 6) is 0.289. The largest absolute Gasteiger partial charge is 0.490 e. The molecule has 8 nitrogen and oxygen atoms in total. The lowest BCUT2D eigenvalue weighted by Gasteiger charge is -2.14. The van der Waals surface area contributed by atoms with Gasteiger partial charge in [-0.1, -0.05) is 26.0 Å². The van der Waals surface area contributed by atoms with Gasteiger partial charge in [-0.2, -0.15) is 5.26 Å². The Morgan fingerprint density at radius 3 is 2.23 bits per heavy atom. The zero-order chi connectivity index (χ0) is 21.9. The van der Waals surface area contributed by atoms with Crippen LogP contribution in [0.25, 0.3) is 0 Å². The van der Waals surface area contributed by atoms with Crippen LogP contribution in [0.5, 0.6) is 11.5 Å². The minimum Gasteiger partial charge on any atom is -0.490 e. The molecule has 30 heavy (non-hydrogen) atoms. The van der Waals surface area contributed by atoms with Crippen LogP contribution in [-0.4, -0.2) is 24.0 Å². The summed E-state index contributed by atoms with van der Waals surface area (Å²) in [6.07, 6.45) is 2.09. The summed E-state index contributed by atoms with van der Waals surface area (Å²) in [5.41, 5.74) is 1.26. The van der Waals surface area contributed by atoms with E-state index in [1.807, 2.05) is 19.9 Å². The summed E-state index contributed by atoms with van der Waals surface area (Å²) in [6.45, 7) is 4.70. The molecule has 0 atom stereocenters. The number of hydrogen-bond donors (Lipinski definition) is 1. The van der Waals surface area contributed by atoms with Crippen molar-refractivity contribution in [2.45, 2.75) is 39.5 Å². The van der Waals surface area contributed by atoms with Gasteiger partial charge in [-0.25, -0.2) is 0 Å². The summed E-state index contributed by atoms with van der Waals surface area (Å²) in [5, 5.41) is 23.0. The zero-order valence-electron chi connectivity index (χ0n) is 17.1. The molecular weight excluding hydrogens is 386 g/mol. The van der Waals surface area contributed by atoms with E-state index < -0.39 is 4.92 Å². The highest BCUT2D eigenvalue weighted by Gasteiger charge is 2.21. The van der Waals surface area contributed by atoms with Crippen molar-refractivity contribution in [3.63, 3.8) is 0 Å². The quantitative estimate of drug-likeness (QED) is 0.426. The van der Waals surface area contributed by atoms with Crippen LogP contribution in [0.4, 0.5) is 11.4 Å². The van der Waals surface area contributed by atoms with E-state index in [2.05, 4.69) is 5.32 Å². The van der Waals surface area contributed by atoms with Gasteiger partial charge < -0.3 is 14.8 Å². The van der Waals surface area contributed by atoms with Crippen molar-refractivity contribution in [1.82, 2.24) is 0 Å². The van der Waals surface area contributed by atoms with Crippen LogP contribution in [0.2, 0.25) is 0 Å². The molecule has 0 aliphatic carbocycles. The lowest BCUT2D eigenvalue weighted by atomic mass is 10.1. The molecule has 0 spiro atoms. The molecule has 2 rings (SSSR count). The Labute approximate surface area is 175 Å². The smallest absolute Gasteiger partial charge is 0.296 e. The van der Waals surface area contributed by atoms with Gasteiger partial charge in [0.15, 0.2) is 11.5 Å². The molecule has 1 amide bonds. The zero-order valence-corrected chi connectivity index (χ0v) is 17.1. The molecular formula is C22H25N3O5. The van der Waals surface area contributed by atoms with E-state index in [9.17, 15) is 14.9 Å². The van der Waals surface area contributed by atoms with Gasteiger partial charge in [0.2, 0.25) is 5.91 Å². The van der Waals surface area contributed by atoms with Crippen LogP contribution < -0.4 is 14.8 Å². The van der Waals surface area contributed by atoms with E-state index in [1.54, 1.807) is 24.3 Å². The molecule has 158 valence electrons. The van der Waals surface area contributed by atoms with Gasteiger partial charge in [-0.15, -0.1) is 0 Å². The summed E-state index contributed by atoms with van der Waals surface area (Å²) in [7, 11) is 0. The molecule has 0 aliphatic heterocycles. The lowest BCUT2D eigenvalue weighted by molar-refractivity contribution is -0.384. The van der Waals surface area contributed by atoms with Crippen LogP contribution in [0.1, 0.15) is 44.2 Å². The molecule has 0 unspecified atom stereocenters. The Bertz CT molecular complexity index is 920. The summed E-state index contributed by atoms with van der Waals surface area (Å²) in [6, 6.07) is 11.7. The second kappa shape index (κ2) is 11.4. The van der Waals surface area contributed by atoms with Crippen LogP contribution in [0.15, 0.2) is 36.4 Å². The first-order chi connectivity index (χ1) is 14.5. The highest BCUT2D eigenvalue weighted by molar-refractivity contribution is 5.93. The third-order valence-corrected chi connectivity index (χ3v) is 4.18. The highest BCUT2D eigenvalue weighted by Crippen LogP contribution is 2.38. The molecule has 0 aromatic heterocycles. The van der Waals surface area contributed by atoms with E-state index in [-0.39, 0.29) is 29.5 Å². The van der Waals surface area contributed by atoms with Crippen LogP contribution in [-0.2, 0) is 11.2 Å². The van der Waals surface area contributed by atoms with E-state index in [0.717, 1.165) is 18.4 Å². The van der Waals surface area contributed by atoms with Gasteiger partial charge in [-0.3, -0.25) is 14.9 Å². The molecule has 2 aromatic carbocycles. The van der Waals surface area contributed by atoms with Crippen molar-refractivity contribution in [3.8, 4) is 17.6 Å². The van der Waals surface area contributed by atoms with Crippen molar-refractivity contribution < 1.29 is 19.2 Å². The minimum atomic E-state index is -0.557. The fourth-order valence-electron chi connectivity index (χ4n) is 2.67. The number of ether oxygens (including phenoxy) is 2. The fraction of sp³-hybridized carbons (Fsp3) is 0.364. The molecule has 0 fully saturated rings. The van der Waals surface area contributed by atoms with Gasteiger partial charge >= 0.3 is 0 Å². The first-order valence-corrected chi connectivity index (χ1v) is 9.85. The first kappa shape index (κ1) is 22.7. The normalized spacial score (nSPS) is 10.2. The van der Waals surface area contributed by atoms with Crippen LogP contribution in [0.3, 0.4) is 0 Å². The van der Waals surface area contributed by atoms with Gasteiger partial charge in [0, 0.05) is 12.5 Å². The molecule has 2 aromatic rings. The van der Waals surface area contributed by atoms with Crippen molar-refractivity contribution in [3.05, 3.63) is 57.6 Å². The molecule has 0 heterocycles. The Morgan fingerprint density at radius 2 is 1.70 bits per heavy atom. The number of nitrogens with zero attached hydrogens (tertiary/aromatic N) is 2. The van der Waals surface area contributed by atoms with Crippen molar-refractivity contribution >= 4 is 17.3 Å². The topological polar surface area (TPSA) is 114 Å². The summed E-state index contributed by atoms with van der Waals surface area (Å²) in [4.78, 5) is 23.4. The predicted molar refractivity (Wildman–Crippen MR) is 113 cm³/mol. The summed E-state index contributed by atoms with van der Waals surface area (Å²) >= 11 is 0. The maximum atomic E-state index is 12.4. The Kier molecular flexibility index (Phi) is 8.63. The van der Waals surface area contributed by atoms with Gasteiger partial charge in [0.25, 0.3) is 5.69 Å². The monoisotopic (exact) mass is 411 g/mol. The molecule has 1 N–H and O–H groups in total. The number of amides is 1. The second-order valence-electron chi connectivity index (χ2n) is 6.63. The predicted octanol–water partition coefficient (Wildman–Crippen LogP) is 4.62. The third-order valence-electron chi connectivity index (χ3n) is 4.18. The number of nitrogens with one attached hydrogen (secondary N) is 1. The van der Waals surface area contributed by atoms with Gasteiger partial charge in [-0.05, 0) is 37.0 Å². The van der Waals surface area contributed by atoms with Crippen molar-refractivity contribution in [2.75, 3.05) is 18.5 Å². The summed E-state index contributed by atoms with van der Waals surface area (Å²) < 4.78 is 11.3. The molecule has 0 saturated heterocycles. The van der Waals surface area contributed by atoms with Crippen LogP contribution >= 0.6 is 0 Å². The SMILES string of the molecule is CCCOc1cc(NC(=O)CCc2ccc(C#N)cc2)c([N+](=O)[O-])cc1OCCC. The number of carbonyl (C=O) groups is 1. The number of anilines is 1. The molecule has 0 bridgehead atoms. The second-order valence-corrected chi connectivity index (χ2v) is 6.63. The van der Waals surface area contributed by atoms with Crippen molar-refractivity contribution in [2.24, 2.45) is 0 Å². The first-order valence-electron chi connectivity index (χ1n) is 9.85. The molecule has 0 radical (unpaired) electrons. The number of aryl methyl sites for hydroxylation is 1. The lowest BCUT2D eigenvalue weighted by Crippen LogP contribution is -2.14. The number of hydrogen-bond acceptors (Lipinski definition) is 6. The number of carbonyl (C=O) groups excluding carboxylic acids is 1. The minimum absolute atomic E-state index is 0.0692.